The summed E-state index contributed by atoms with van der Waals surface area (Å²) in [5.41, 5.74) is 9.82. The third-order valence-electron chi connectivity index (χ3n) is 8.58. The summed E-state index contributed by atoms with van der Waals surface area (Å²) in [5, 5.41) is 16.5. The zero-order chi connectivity index (χ0) is 28.5. The van der Waals surface area contributed by atoms with Crippen LogP contribution < -0.4 is 0 Å². The van der Waals surface area contributed by atoms with Crippen molar-refractivity contribution in [2.45, 2.75) is 0 Å². The van der Waals surface area contributed by atoms with E-state index in [4.69, 9.17) is 9.97 Å². The lowest BCUT2D eigenvalue weighted by Gasteiger charge is -2.12. The molecule has 9 aromatic rings. The van der Waals surface area contributed by atoms with Gasteiger partial charge >= 0.3 is 0 Å². The molecule has 0 aliphatic rings. The maximum Gasteiger partial charge on any atom is 0.146 e. The van der Waals surface area contributed by atoms with Gasteiger partial charge in [0.1, 0.15) is 5.65 Å². The number of fused-ring (bicyclic) bond motifs is 11. The highest BCUT2D eigenvalue weighted by molar-refractivity contribution is 6.15. The van der Waals surface area contributed by atoms with Crippen LogP contribution in [0.25, 0.3) is 82.4 Å². The molecular weight excluding hydrogens is 524 g/mol. The van der Waals surface area contributed by atoms with Gasteiger partial charge in [-0.2, -0.15) is 5.26 Å². The highest BCUT2D eigenvalue weighted by Crippen LogP contribution is 2.36. The molecule has 0 aliphatic carbocycles. The van der Waals surface area contributed by atoms with Crippen LogP contribution in [0.4, 0.5) is 0 Å². The van der Waals surface area contributed by atoms with Crippen LogP contribution in [0.15, 0.2) is 133 Å². The van der Waals surface area contributed by atoms with Gasteiger partial charge in [0, 0.05) is 27.1 Å². The zero-order valence-corrected chi connectivity index (χ0v) is 23.0. The SMILES string of the molecule is N#Cc1ccc2c3cc(-c4ccc(-c5ccc6ccc7ccccc7c6n5)cc4)ccc3c3nc4ccccc4n3c2c1. The molecule has 0 unspecified atom stereocenters. The van der Waals surface area contributed by atoms with Crippen molar-refractivity contribution >= 4 is 60.0 Å². The molecule has 3 heterocycles. The van der Waals surface area contributed by atoms with Gasteiger partial charge in [-0.3, -0.25) is 4.40 Å². The Morgan fingerprint density at radius 2 is 1.26 bits per heavy atom. The second kappa shape index (κ2) is 8.97. The van der Waals surface area contributed by atoms with E-state index in [1.165, 1.54) is 10.8 Å². The summed E-state index contributed by atoms with van der Waals surface area (Å²) in [6.45, 7) is 0. The van der Waals surface area contributed by atoms with Crippen molar-refractivity contribution in [1.82, 2.24) is 14.4 Å². The standard InChI is InChI=1S/C39H22N4/c40-23-24-9-18-31-33-22-29(16-19-32(33)39-42-35-7-3-4-8-36(35)43(39)37(31)21-24)25-10-13-27(14-11-25)34-20-17-28-15-12-26-5-1-2-6-30(26)38(28)41-34/h1-22H. The van der Waals surface area contributed by atoms with E-state index in [2.05, 4.69) is 114 Å². The average molecular weight is 547 g/mol. The molecule has 0 radical (unpaired) electrons. The number of hydrogen-bond donors (Lipinski definition) is 0. The minimum Gasteiger partial charge on any atom is -0.292 e. The van der Waals surface area contributed by atoms with Crippen LogP contribution in [-0.4, -0.2) is 14.4 Å². The third kappa shape index (κ3) is 3.56. The molecule has 9 rings (SSSR count). The normalized spacial score (nSPS) is 11.7. The Labute approximate surface area is 246 Å². The van der Waals surface area contributed by atoms with Gasteiger partial charge in [0.2, 0.25) is 0 Å². The van der Waals surface area contributed by atoms with Crippen molar-refractivity contribution in [2.24, 2.45) is 0 Å². The second-order valence-electron chi connectivity index (χ2n) is 11.0. The molecule has 3 aromatic heterocycles. The highest BCUT2D eigenvalue weighted by atomic mass is 15.0. The molecule has 0 saturated carbocycles. The Kier molecular flexibility index (Phi) is 4.93. The van der Waals surface area contributed by atoms with Gasteiger partial charge in [0.25, 0.3) is 0 Å². The number of pyridine rings is 2. The Balaban J connectivity index is 1.19. The van der Waals surface area contributed by atoms with E-state index in [0.29, 0.717) is 5.56 Å². The van der Waals surface area contributed by atoms with E-state index in [-0.39, 0.29) is 0 Å². The van der Waals surface area contributed by atoms with Crippen molar-refractivity contribution in [3.05, 3.63) is 139 Å². The van der Waals surface area contributed by atoms with Crippen LogP contribution in [0.2, 0.25) is 0 Å². The summed E-state index contributed by atoms with van der Waals surface area (Å²) in [6.07, 6.45) is 0. The van der Waals surface area contributed by atoms with E-state index >= 15 is 0 Å². The minimum atomic E-state index is 0.632. The maximum absolute atomic E-state index is 9.66. The summed E-state index contributed by atoms with van der Waals surface area (Å²) >= 11 is 0. The van der Waals surface area contributed by atoms with Gasteiger partial charge in [0.15, 0.2) is 0 Å². The largest absolute Gasteiger partial charge is 0.292 e. The van der Waals surface area contributed by atoms with Crippen LogP contribution in [0.3, 0.4) is 0 Å². The fourth-order valence-corrected chi connectivity index (χ4v) is 6.46. The molecule has 0 fully saturated rings. The Hall–Kier alpha value is -6.05. The first-order chi connectivity index (χ1) is 21.2. The Morgan fingerprint density at radius 1 is 0.512 bits per heavy atom. The van der Waals surface area contributed by atoms with Crippen molar-refractivity contribution in [2.75, 3.05) is 0 Å². The first kappa shape index (κ1) is 23.6. The molecule has 43 heavy (non-hydrogen) atoms. The van der Waals surface area contributed by atoms with Crippen molar-refractivity contribution in [1.29, 1.82) is 5.26 Å². The Bertz CT molecular complexity index is 2620. The number of nitriles is 1. The average Bonchev–Trinajstić information content (AvgIpc) is 3.48. The molecule has 0 spiro atoms. The molecule has 0 bridgehead atoms. The third-order valence-corrected chi connectivity index (χ3v) is 8.58. The van der Waals surface area contributed by atoms with Gasteiger partial charge < -0.3 is 0 Å². The molecule has 6 aromatic carbocycles. The quantitative estimate of drug-likeness (QED) is 0.203. The number of nitrogens with zero attached hydrogens (tertiary/aromatic N) is 4. The molecule has 0 atom stereocenters. The van der Waals surface area contributed by atoms with Gasteiger partial charge in [0.05, 0.1) is 39.4 Å². The number of aromatic nitrogens is 3. The first-order valence-electron chi connectivity index (χ1n) is 14.3. The summed E-state index contributed by atoms with van der Waals surface area (Å²) < 4.78 is 2.18. The first-order valence-corrected chi connectivity index (χ1v) is 14.3. The van der Waals surface area contributed by atoms with Crippen LogP contribution in [-0.2, 0) is 0 Å². The molecule has 4 heteroatoms. The molecule has 0 saturated heterocycles. The lowest BCUT2D eigenvalue weighted by atomic mass is 9.97. The van der Waals surface area contributed by atoms with E-state index in [1.807, 2.05) is 30.3 Å². The van der Waals surface area contributed by atoms with Crippen LogP contribution >= 0.6 is 0 Å². The predicted molar refractivity (Wildman–Crippen MR) is 176 cm³/mol. The lowest BCUT2D eigenvalue weighted by Crippen LogP contribution is -1.93. The van der Waals surface area contributed by atoms with Gasteiger partial charge in [-0.1, -0.05) is 91.0 Å². The van der Waals surface area contributed by atoms with Crippen LogP contribution in [0.1, 0.15) is 5.56 Å². The number of rotatable bonds is 2. The highest BCUT2D eigenvalue weighted by Gasteiger charge is 2.15. The second-order valence-corrected chi connectivity index (χ2v) is 11.0. The summed E-state index contributed by atoms with van der Waals surface area (Å²) in [7, 11) is 0. The van der Waals surface area contributed by atoms with Gasteiger partial charge in [-0.05, 0) is 64.4 Å². The smallest absolute Gasteiger partial charge is 0.146 e. The van der Waals surface area contributed by atoms with Crippen molar-refractivity contribution < 1.29 is 0 Å². The fraction of sp³-hybridized carbons (Fsp3) is 0. The molecule has 0 N–H and O–H groups in total. The summed E-state index contributed by atoms with van der Waals surface area (Å²) in [4.78, 5) is 10.1. The predicted octanol–water partition coefficient (Wildman–Crippen LogP) is 9.70. The zero-order valence-electron chi connectivity index (χ0n) is 23.0. The fourth-order valence-electron chi connectivity index (χ4n) is 6.46. The van der Waals surface area contributed by atoms with E-state index in [1.54, 1.807) is 0 Å². The van der Waals surface area contributed by atoms with Crippen molar-refractivity contribution in [3.8, 4) is 28.5 Å². The van der Waals surface area contributed by atoms with Gasteiger partial charge in [-0.15, -0.1) is 0 Å². The van der Waals surface area contributed by atoms with Gasteiger partial charge in [-0.25, -0.2) is 9.97 Å². The molecule has 0 aliphatic heterocycles. The number of hydrogen-bond acceptors (Lipinski definition) is 3. The lowest BCUT2D eigenvalue weighted by molar-refractivity contribution is 1.31. The van der Waals surface area contributed by atoms with E-state index in [9.17, 15) is 5.26 Å². The van der Waals surface area contributed by atoms with E-state index in [0.717, 1.165) is 71.6 Å². The van der Waals surface area contributed by atoms with Crippen LogP contribution in [0, 0.1) is 11.3 Å². The molecule has 0 amide bonds. The summed E-state index contributed by atoms with van der Waals surface area (Å²) in [5.74, 6) is 0. The minimum absolute atomic E-state index is 0.632. The topological polar surface area (TPSA) is 54.0 Å². The number of imidazole rings is 1. The monoisotopic (exact) mass is 546 g/mol. The van der Waals surface area contributed by atoms with Crippen molar-refractivity contribution in [3.63, 3.8) is 0 Å². The van der Waals surface area contributed by atoms with Crippen LogP contribution in [0.5, 0.6) is 0 Å². The molecule has 4 nitrogen and oxygen atoms in total. The molecule has 198 valence electrons. The maximum atomic E-state index is 9.66. The Morgan fingerprint density at radius 3 is 2.16 bits per heavy atom. The summed E-state index contributed by atoms with van der Waals surface area (Å²) in [6, 6.07) is 48.6. The van der Waals surface area contributed by atoms with E-state index < -0.39 is 0 Å². The number of para-hydroxylation sites is 2. The molecular formula is C39H22N4. The number of benzene rings is 6.